The van der Waals surface area contributed by atoms with Gasteiger partial charge in [0, 0.05) is 17.4 Å². The highest BCUT2D eigenvalue weighted by atomic mass is 79.9. The Balaban J connectivity index is 2.08. The Labute approximate surface area is 231 Å². The number of halogens is 4. The number of aliphatic hydroxyl groups is 2. The first-order chi connectivity index (χ1) is 15.9. The topological polar surface area (TPSA) is 96.2 Å². The number of hydrogen-bond acceptors (Lipinski definition) is 5. The van der Waals surface area contributed by atoms with Crippen LogP contribution in [-0.2, 0) is 10.2 Å². The summed E-state index contributed by atoms with van der Waals surface area (Å²) in [5, 5.41) is 30.3. The Morgan fingerprint density at radius 1 is 0.853 bits per heavy atom. The van der Waals surface area contributed by atoms with E-state index in [0.717, 1.165) is 20.1 Å². The summed E-state index contributed by atoms with van der Waals surface area (Å²) in [5.74, 6) is -0.104. The van der Waals surface area contributed by atoms with E-state index in [0.29, 0.717) is 20.4 Å². The average Bonchev–Trinajstić information content (AvgIpc) is 2.74. The molecule has 5 rings (SSSR count). The first kappa shape index (κ1) is 27.7. The number of fused-ring (bicyclic) bond motifs is 2. The minimum atomic E-state index is -1.16. The van der Waals surface area contributed by atoms with E-state index < -0.39 is 23.6 Å². The molecule has 3 N–H and O–H groups in total. The van der Waals surface area contributed by atoms with E-state index in [-0.39, 0.29) is 31.6 Å². The molecule has 0 aromatic heterocycles. The van der Waals surface area contributed by atoms with E-state index in [4.69, 9.17) is 9.47 Å². The molecule has 0 saturated carbocycles. The van der Waals surface area contributed by atoms with Crippen LogP contribution in [0.4, 0.5) is 0 Å². The van der Waals surface area contributed by atoms with Crippen molar-refractivity contribution < 1.29 is 29.6 Å². The maximum absolute atomic E-state index is 11.6. The summed E-state index contributed by atoms with van der Waals surface area (Å²) in [6.07, 6.45) is -0.628. The van der Waals surface area contributed by atoms with Crippen LogP contribution in [0.5, 0.6) is 11.5 Å². The number of rotatable bonds is 1. The van der Waals surface area contributed by atoms with Gasteiger partial charge in [0.15, 0.2) is 0 Å². The molecule has 3 heterocycles. The molecule has 0 saturated heterocycles. The molecule has 0 radical (unpaired) electrons. The fourth-order valence-corrected chi connectivity index (χ4v) is 6.39. The Morgan fingerprint density at radius 3 is 1.68 bits per heavy atom. The molecular formula is C24H24Br4O6. The third-order valence-electron chi connectivity index (χ3n) is 5.65. The van der Waals surface area contributed by atoms with Crippen molar-refractivity contribution in [2.75, 3.05) is 13.2 Å². The quantitative estimate of drug-likeness (QED) is 0.317. The van der Waals surface area contributed by atoms with Gasteiger partial charge in [-0.2, -0.15) is 0 Å². The molecule has 184 valence electrons. The summed E-state index contributed by atoms with van der Waals surface area (Å²) in [7, 11) is 0. The lowest BCUT2D eigenvalue weighted by molar-refractivity contribution is -0.133. The zero-order valence-corrected chi connectivity index (χ0v) is 24.8. The molecule has 2 unspecified atom stereocenters. The zero-order chi connectivity index (χ0) is 25.2. The Kier molecular flexibility index (Phi) is 9.30. The zero-order valence-electron chi connectivity index (χ0n) is 18.4. The highest BCUT2D eigenvalue weighted by Gasteiger charge is 2.28. The van der Waals surface area contributed by atoms with Crippen molar-refractivity contribution in [3.8, 4) is 11.5 Å². The SMILES string of the molecule is CC1(C)c2cc(Br)c(c(Br)c2)OCC(O)CC=C(C(=O)O)CC(O)COc2c(Br)cc1cc2Br. The summed E-state index contributed by atoms with van der Waals surface area (Å²) in [6.45, 7) is 4.07. The van der Waals surface area contributed by atoms with E-state index >= 15 is 0 Å². The predicted octanol–water partition coefficient (Wildman–Crippen LogP) is 6.35. The maximum Gasteiger partial charge on any atom is 0.331 e. The minimum absolute atomic E-state index is 0.00462. The molecular weight excluding hydrogens is 704 g/mol. The summed E-state index contributed by atoms with van der Waals surface area (Å²) in [4.78, 5) is 11.6. The molecule has 0 amide bonds. The number of benzene rings is 2. The number of hydrogen-bond donors (Lipinski definition) is 3. The largest absolute Gasteiger partial charge is 0.489 e. The van der Waals surface area contributed by atoms with Crippen molar-refractivity contribution in [2.45, 2.75) is 44.3 Å². The van der Waals surface area contributed by atoms with E-state index in [2.05, 4.69) is 77.6 Å². The van der Waals surface area contributed by atoms with Crippen LogP contribution in [0, 0.1) is 0 Å². The lowest BCUT2D eigenvalue weighted by Gasteiger charge is -2.28. The van der Waals surface area contributed by atoms with Crippen LogP contribution in [0.25, 0.3) is 0 Å². The second-order valence-corrected chi connectivity index (χ2v) is 12.0. The van der Waals surface area contributed by atoms with Crippen molar-refractivity contribution in [1.29, 1.82) is 0 Å². The van der Waals surface area contributed by atoms with Gasteiger partial charge in [-0.1, -0.05) is 19.9 Å². The van der Waals surface area contributed by atoms with Crippen LogP contribution in [-0.4, -0.2) is 46.7 Å². The Morgan fingerprint density at radius 2 is 1.26 bits per heavy atom. The van der Waals surface area contributed by atoms with Gasteiger partial charge in [0.2, 0.25) is 0 Å². The summed E-state index contributed by atoms with van der Waals surface area (Å²) in [6, 6.07) is 7.88. The van der Waals surface area contributed by atoms with E-state index in [1.807, 2.05) is 24.3 Å². The van der Waals surface area contributed by atoms with Gasteiger partial charge in [0.05, 0.1) is 30.1 Å². The van der Waals surface area contributed by atoms with Gasteiger partial charge >= 0.3 is 5.97 Å². The van der Waals surface area contributed by atoms with Gasteiger partial charge in [-0.15, -0.1) is 0 Å². The normalized spacial score (nSPS) is 21.0. The molecule has 2 aromatic rings. The fourth-order valence-electron chi connectivity index (χ4n) is 3.56. The smallest absolute Gasteiger partial charge is 0.331 e. The van der Waals surface area contributed by atoms with E-state index in [1.54, 1.807) is 0 Å². The molecule has 0 fully saturated rings. The number of carboxylic acids is 1. The van der Waals surface area contributed by atoms with Gasteiger partial charge in [-0.05, 0) is 106 Å². The summed E-state index contributed by atoms with van der Waals surface area (Å²) in [5.41, 5.74) is 1.63. The lowest BCUT2D eigenvalue weighted by Crippen LogP contribution is -2.22. The average molecular weight is 728 g/mol. The summed E-state index contributed by atoms with van der Waals surface area (Å²) >= 11 is 14.3. The van der Waals surface area contributed by atoms with Crippen molar-refractivity contribution in [3.05, 3.63) is 64.9 Å². The van der Waals surface area contributed by atoms with Crippen molar-refractivity contribution >= 4 is 69.7 Å². The lowest BCUT2D eigenvalue weighted by atomic mass is 9.78. The van der Waals surface area contributed by atoms with Crippen LogP contribution in [0.15, 0.2) is 53.8 Å². The molecule has 0 aliphatic carbocycles. The summed E-state index contributed by atoms with van der Waals surface area (Å²) < 4.78 is 14.5. The van der Waals surface area contributed by atoms with Gasteiger partial charge < -0.3 is 24.8 Å². The van der Waals surface area contributed by atoms with Crippen LogP contribution in [0.3, 0.4) is 0 Å². The first-order valence-corrected chi connectivity index (χ1v) is 13.6. The number of carboxylic acid groups (broad SMARTS) is 1. The van der Waals surface area contributed by atoms with Gasteiger partial charge in [-0.25, -0.2) is 4.79 Å². The van der Waals surface area contributed by atoms with Crippen LogP contribution < -0.4 is 9.47 Å². The van der Waals surface area contributed by atoms with Crippen LogP contribution in [0.2, 0.25) is 0 Å². The molecule has 10 heteroatoms. The molecule has 3 aliphatic heterocycles. The molecule has 3 aliphatic rings. The highest BCUT2D eigenvalue weighted by molar-refractivity contribution is 9.11. The maximum atomic E-state index is 11.6. The Bertz CT molecular complexity index is 1070. The van der Waals surface area contributed by atoms with Crippen molar-refractivity contribution in [1.82, 2.24) is 0 Å². The molecule has 34 heavy (non-hydrogen) atoms. The highest BCUT2D eigenvalue weighted by Crippen LogP contribution is 2.44. The molecule has 4 bridgehead atoms. The Hall–Kier alpha value is -0.910. The first-order valence-electron chi connectivity index (χ1n) is 10.4. The van der Waals surface area contributed by atoms with Gasteiger partial charge in [0.1, 0.15) is 24.7 Å². The van der Waals surface area contributed by atoms with Crippen molar-refractivity contribution in [3.63, 3.8) is 0 Å². The van der Waals surface area contributed by atoms with Crippen molar-refractivity contribution in [2.24, 2.45) is 0 Å². The second-order valence-electron chi connectivity index (χ2n) is 8.57. The number of aliphatic carboxylic acids is 1. The van der Waals surface area contributed by atoms with Crippen LogP contribution in [0.1, 0.15) is 37.8 Å². The predicted molar refractivity (Wildman–Crippen MR) is 144 cm³/mol. The van der Waals surface area contributed by atoms with Gasteiger partial charge in [0.25, 0.3) is 0 Å². The second kappa shape index (κ2) is 11.4. The molecule has 2 aromatic carbocycles. The van der Waals surface area contributed by atoms with Crippen LogP contribution >= 0.6 is 63.7 Å². The fraction of sp³-hybridized carbons (Fsp3) is 0.375. The number of carbonyl (C=O) groups is 1. The van der Waals surface area contributed by atoms with Gasteiger partial charge in [-0.3, -0.25) is 0 Å². The van der Waals surface area contributed by atoms with E-state index in [9.17, 15) is 20.1 Å². The molecule has 6 nitrogen and oxygen atoms in total. The standard InChI is InChI=1S/C24H24Br4O6/c1-24(2)13-6-17(25)21(18(26)7-13)33-10-15(29)4-3-12(23(31)32)5-16(30)11-34-22-19(27)8-14(24)9-20(22)28/h3,6-9,15-16,29-30H,4-5,10-11H2,1-2H3,(H,31,32). The minimum Gasteiger partial charge on any atom is -0.489 e. The number of aliphatic hydroxyl groups excluding tert-OH is 2. The third-order valence-corrected chi connectivity index (χ3v) is 8.00. The number of ether oxygens (including phenoxy) is 2. The molecule has 0 spiro atoms. The monoisotopic (exact) mass is 724 g/mol. The van der Waals surface area contributed by atoms with E-state index in [1.165, 1.54) is 6.08 Å². The molecule has 2 atom stereocenters. The third kappa shape index (κ3) is 6.44.